The van der Waals surface area contributed by atoms with Crippen molar-refractivity contribution in [2.45, 2.75) is 33.9 Å². The molecule has 5 nitrogen and oxygen atoms in total. The highest BCUT2D eigenvalue weighted by Crippen LogP contribution is 2.29. The van der Waals surface area contributed by atoms with Crippen LogP contribution in [0.5, 0.6) is 5.75 Å². The summed E-state index contributed by atoms with van der Waals surface area (Å²) in [6.45, 7) is 7.76. The van der Waals surface area contributed by atoms with Crippen molar-refractivity contribution in [3.8, 4) is 5.75 Å². The van der Waals surface area contributed by atoms with Crippen molar-refractivity contribution in [2.75, 3.05) is 6.61 Å². The Morgan fingerprint density at radius 2 is 2.08 bits per heavy atom. The molecule has 3 aromatic rings. The molecule has 130 valence electrons. The third-order valence-corrected chi connectivity index (χ3v) is 4.29. The molecule has 0 atom stereocenters. The predicted octanol–water partition coefficient (Wildman–Crippen LogP) is 3.69. The van der Waals surface area contributed by atoms with Gasteiger partial charge in [-0.25, -0.2) is 0 Å². The molecule has 1 amide bonds. The average molecular weight is 337 g/mol. The van der Waals surface area contributed by atoms with E-state index in [-0.39, 0.29) is 5.91 Å². The quantitative estimate of drug-likeness (QED) is 0.746. The number of aryl methyl sites for hydroxylation is 2. The molecule has 0 aliphatic heterocycles. The number of carbonyl (C=O) groups is 1. The molecule has 0 unspecified atom stereocenters. The zero-order valence-corrected chi connectivity index (χ0v) is 14.9. The van der Waals surface area contributed by atoms with Crippen LogP contribution in [0.4, 0.5) is 0 Å². The van der Waals surface area contributed by atoms with Crippen LogP contribution < -0.4 is 10.1 Å². The fraction of sp³-hybridized carbons (Fsp3) is 0.300. The molecule has 1 aromatic carbocycles. The minimum Gasteiger partial charge on any atom is -0.494 e. The van der Waals surface area contributed by atoms with E-state index in [1.54, 1.807) is 6.20 Å². The number of hydrogen-bond donors (Lipinski definition) is 1. The highest BCUT2D eigenvalue weighted by atomic mass is 16.5. The van der Waals surface area contributed by atoms with E-state index in [4.69, 9.17) is 4.74 Å². The van der Waals surface area contributed by atoms with Gasteiger partial charge in [0.25, 0.3) is 5.91 Å². The van der Waals surface area contributed by atoms with E-state index < -0.39 is 0 Å². The molecule has 0 radical (unpaired) electrons. The van der Waals surface area contributed by atoms with Crippen LogP contribution in [0, 0.1) is 6.92 Å². The second kappa shape index (κ2) is 7.38. The lowest BCUT2D eigenvalue weighted by atomic mass is 10.1. The van der Waals surface area contributed by atoms with Gasteiger partial charge in [-0.2, -0.15) is 0 Å². The SMILES string of the molecule is CCOc1ccc2c(c1)c(C)c(C(=O)NCc1ccccn1)n2CC. The van der Waals surface area contributed by atoms with Crippen molar-refractivity contribution in [3.63, 3.8) is 0 Å². The first-order chi connectivity index (χ1) is 12.2. The Morgan fingerprint density at radius 3 is 2.76 bits per heavy atom. The molecule has 0 aliphatic carbocycles. The Hall–Kier alpha value is -2.82. The van der Waals surface area contributed by atoms with E-state index in [0.717, 1.165) is 34.5 Å². The Balaban J connectivity index is 1.94. The van der Waals surface area contributed by atoms with Crippen molar-refractivity contribution in [2.24, 2.45) is 0 Å². The molecule has 2 heterocycles. The Bertz CT molecular complexity index is 885. The molecule has 0 saturated heterocycles. The molecule has 3 rings (SSSR count). The third-order valence-electron chi connectivity index (χ3n) is 4.29. The van der Waals surface area contributed by atoms with E-state index in [9.17, 15) is 4.79 Å². The molecule has 0 spiro atoms. The standard InChI is InChI=1S/C20H23N3O2/c1-4-23-18-10-9-16(25-5-2)12-17(18)14(3)19(23)20(24)22-13-15-8-6-7-11-21-15/h6-12H,4-5,13H2,1-3H3,(H,22,24). The maximum atomic E-state index is 12.8. The summed E-state index contributed by atoms with van der Waals surface area (Å²) < 4.78 is 7.65. The summed E-state index contributed by atoms with van der Waals surface area (Å²) in [5, 5.41) is 4.03. The first kappa shape index (κ1) is 17.0. The smallest absolute Gasteiger partial charge is 0.268 e. The number of aromatic nitrogens is 2. The van der Waals surface area contributed by atoms with E-state index in [2.05, 4.69) is 10.3 Å². The van der Waals surface area contributed by atoms with Crippen LogP contribution >= 0.6 is 0 Å². The van der Waals surface area contributed by atoms with Gasteiger partial charge in [0, 0.05) is 23.6 Å². The number of nitrogens with one attached hydrogen (secondary N) is 1. The number of ether oxygens (including phenoxy) is 1. The summed E-state index contributed by atoms with van der Waals surface area (Å²) in [5.74, 6) is 0.742. The lowest BCUT2D eigenvalue weighted by Crippen LogP contribution is -2.26. The molecular weight excluding hydrogens is 314 g/mol. The van der Waals surface area contributed by atoms with E-state index in [0.29, 0.717) is 18.8 Å². The number of fused-ring (bicyclic) bond motifs is 1. The highest BCUT2D eigenvalue weighted by Gasteiger charge is 2.19. The lowest BCUT2D eigenvalue weighted by Gasteiger charge is -2.09. The van der Waals surface area contributed by atoms with Crippen LogP contribution in [0.2, 0.25) is 0 Å². The largest absolute Gasteiger partial charge is 0.494 e. The van der Waals surface area contributed by atoms with Crippen LogP contribution in [0.25, 0.3) is 10.9 Å². The number of benzene rings is 1. The van der Waals surface area contributed by atoms with Crippen molar-refractivity contribution < 1.29 is 9.53 Å². The van der Waals surface area contributed by atoms with E-state index >= 15 is 0 Å². The first-order valence-corrected chi connectivity index (χ1v) is 8.59. The highest BCUT2D eigenvalue weighted by molar-refractivity contribution is 6.01. The summed E-state index contributed by atoms with van der Waals surface area (Å²) in [4.78, 5) is 17.1. The van der Waals surface area contributed by atoms with Gasteiger partial charge in [-0.1, -0.05) is 6.07 Å². The fourth-order valence-electron chi connectivity index (χ4n) is 3.14. The van der Waals surface area contributed by atoms with Gasteiger partial charge in [0.05, 0.1) is 18.8 Å². The maximum Gasteiger partial charge on any atom is 0.268 e. The van der Waals surface area contributed by atoms with Crippen LogP contribution in [-0.4, -0.2) is 22.1 Å². The number of rotatable bonds is 6. The summed E-state index contributed by atoms with van der Waals surface area (Å²) in [5.41, 5.74) is 3.55. The molecule has 0 saturated carbocycles. The van der Waals surface area contributed by atoms with Crippen LogP contribution in [0.15, 0.2) is 42.6 Å². The monoisotopic (exact) mass is 337 g/mol. The summed E-state index contributed by atoms with van der Waals surface area (Å²) in [6.07, 6.45) is 1.73. The Labute approximate surface area is 147 Å². The summed E-state index contributed by atoms with van der Waals surface area (Å²) >= 11 is 0. The molecule has 2 aromatic heterocycles. The predicted molar refractivity (Wildman–Crippen MR) is 98.9 cm³/mol. The fourth-order valence-corrected chi connectivity index (χ4v) is 3.14. The van der Waals surface area contributed by atoms with Gasteiger partial charge in [-0.05, 0) is 56.7 Å². The Morgan fingerprint density at radius 1 is 1.24 bits per heavy atom. The maximum absolute atomic E-state index is 12.8. The second-order valence-electron chi connectivity index (χ2n) is 5.83. The first-order valence-electron chi connectivity index (χ1n) is 8.59. The molecular formula is C20H23N3O2. The van der Waals surface area contributed by atoms with Gasteiger partial charge >= 0.3 is 0 Å². The molecule has 0 aliphatic rings. The lowest BCUT2D eigenvalue weighted by molar-refractivity contribution is 0.0941. The van der Waals surface area contributed by atoms with Gasteiger partial charge in [0.15, 0.2) is 0 Å². The Kier molecular flexibility index (Phi) is 5.03. The normalized spacial score (nSPS) is 10.8. The van der Waals surface area contributed by atoms with Crippen molar-refractivity contribution >= 4 is 16.8 Å². The molecule has 0 bridgehead atoms. The summed E-state index contributed by atoms with van der Waals surface area (Å²) in [6, 6.07) is 11.7. The van der Waals surface area contributed by atoms with Gasteiger partial charge in [0.1, 0.15) is 11.4 Å². The minimum absolute atomic E-state index is 0.0841. The summed E-state index contributed by atoms with van der Waals surface area (Å²) in [7, 11) is 0. The minimum atomic E-state index is -0.0841. The van der Waals surface area contributed by atoms with Gasteiger partial charge < -0.3 is 14.6 Å². The topological polar surface area (TPSA) is 56.1 Å². The number of pyridine rings is 1. The molecule has 1 N–H and O–H groups in total. The molecule has 0 fully saturated rings. The van der Waals surface area contributed by atoms with Crippen LogP contribution in [0.3, 0.4) is 0 Å². The zero-order valence-electron chi connectivity index (χ0n) is 14.9. The van der Waals surface area contributed by atoms with Gasteiger partial charge in [-0.3, -0.25) is 9.78 Å². The number of amides is 1. The third kappa shape index (κ3) is 3.36. The molecule has 25 heavy (non-hydrogen) atoms. The van der Waals surface area contributed by atoms with E-state index in [1.165, 1.54) is 0 Å². The van der Waals surface area contributed by atoms with Crippen LogP contribution in [-0.2, 0) is 13.1 Å². The van der Waals surface area contributed by atoms with Gasteiger partial charge in [-0.15, -0.1) is 0 Å². The average Bonchev–Trinajstić information content (AvgIpc) is 2.92. The van der Waals surface area contributed by atoms with Crippen molar-refractivity contribution in [1.82, 2.24) is 14.9 Å². The van der Waals surface area contributed by atoms with E-state index in [1.807, 2.05) is 61.7 Å². The van der Waals surface area contributed by atoms with Crippen molar-refractivity contribution in [1.29, 1.82) is 0 Å². The molecule has 5 heteroatoms. The van der Waals surface area contributed by atoms with Crippen LogP contribution in [0.1, 0.15) is 35.6 Å². The van der Waals surface area contributed by atoms with Gasteiger partial charge in [0.2, 0.25) is 0 Å². The second-order valence-corrected chi connectivity index (χ2v) is 5.83. The number of nitrogens with zero attached hydrogens (tertiary/aromatic N) is 2. The number of hydrogen-bond acceptors (Lipinski definition) is 3. The number of carbonyl (C=O) groups excluding carboxylic acids is 1. The van der Waals surface area contributed by atoms with Crippen molar-refractivity contribution in [3.05, 3.63) is 59.5 Å². The zero-order chi connectivity index (χ0) is 17.8.